The van der Waals surface area contributed by atoms with E-state index in [1.54, 1.807) is 21.6 Å². The van der Waals surface area contributed by atoms with Crippen LogP contribution in [0.2, 0.25) is 0 Å². The number of esters is 1. The topological polar surface area (TPSA) is 52.3 Å². The van der Waals surface area contributed by atoms with Gasteiger partial charge < -0.3 is 10.5 Å². The van der Waals surface area contributed by atoms with Gasteiger partial charge in [0.2, 0.25) is 0 Å². The minimum Gasteiger partial charge on any atom is -0.468 e. The maximum atomic E-state index is 10.6. The molecule has 0 aliphatic heterocycles. The smallest absolute Gasteiger partial charge is 0.323 e. The van der Waals surface area contributed by atoms with E-state index < -0.39 is 6.04 Å². The summed E-state index contributed by atoms with van der Waals surface area (Å²) in [6.45, 7) is 0. The molecule has 5 heteroatoms. The van der Waals surface area contributed by atoms with E-state index in [4.69, 9.17) is 5.73 Å². The third kappa shape index (κ3) is 4.03. The van der Waals surface area contributed by atoms with Gasteiger partial charge in [-0.15, -0.1) is 0 Å². The predicted molar refractivity (Wildman–Crippen MR) is 46.0 cm³/mol. The molecule has 2 N–H and O–H groups in total. The Morgan fingerprint density at radius 2 is 2.40 bits per heavy atom. The molecule has 0 aliphatic rings. The van der Waals surface area contributed by atoms with Gasteiger partial charge in [-0.2, -0.15) is 0 Å². The van der Waals surface area contributed by atoms with Gasteiger partial charge in [0.05, 0.1) is 7.11 Å². The lowest BCUT2D eigenvalue weighted by Gasteiger charge is -2.05. The highest BCUT2D eigenvalue weighted by molar-refractivity contribution is 8.76. The van der Waals surface area contributed by atoms with Gasteiger partial charge in [-0.25, -0.2) is 0 Å². The number of carbonyl (C=O) groups excluding carboxylic acids is 1. The molecule has 0 radical (unpaired) electrons. The number of ether oxygens (including phenoxy) is 1. The molecule has 0 aliphatic carbocycles. The van der Waals surface area contributed by atoms with Crippen LogP contribution in [0.1, 0.15) is 0 Å². The first-order valence-electron chi connectivity index (χ1n) is 2.71. The van der Waals surface area contributed by atoms with E-state index >= 15 is 0 Å². The lowest BCUT2D eigenvalue weighted by Crippen LogP contribution is -2.33. The molecule has 0 unspecified atom stereocenters. The highest BCUT2D eigenvalue weighted by Gasteiger charge is 2.12. The molecule has 0 fully saturated rings. The van der Waals surface area contributed by atoms with Crippen molar-refractivity contribution in [2.45, 2.75) is 6.04 Å². The fourth-order valence-electron chi connectivity index (χ4n) is 0.361. The second-order valence-corrected chi connectivity index (χ2v) is 4.19. The van der Waals surface area contributed by atoms with Gasteiger partial charge in [0.1, 0.15) is 6.04 Å². The zero-order valence-electron chi connectivity index (χ0n) is 5.99. The van der Waals surface area contributed by atoms with Crippen LogP contribution in [0, 0.1) is 0 Å². The highest BCUT2D eigenvalue weighted by Crippen LogP contribution is 2.16. The second kappa shape index (κ2) is 5.88. The van der Waals surface area contributed by atoms with Crippen molar-refractivity contribution in [3.05, 3.63) is 0 Å². The molecule has 0 spiro atoms. The van der Waals surface area contributed by atoms with Crippen LogP contribution in [0.4, 0.5) is 0 Å². The molecule has 0 aromatic carbocycles. The standard InChI is InChI=1S/C5H11NO2S2/c1-8-5(7)4(6)3-10-9-2/h4H,3,6H2,1-2H3/t4-/m0/s1. The summed E-state index contributed by atoms with van der Waals surface area (Å²) in [7, 11) is 4.48. The molecule has 0 saturated heterocycles. The Morgan fingerprint density at radius 3 is 2.80 bits per heavy atom. The highest BCUT2D eigenvalue weighted by atomic mass is 33.1. The van der Waals surface area contributed by atoms with E-state index in [1.807, 2.05) is 6.26 Å². The molecule has 0 rings (SSSR count). The van der Waals surface area contributed by atoms with Crippen LogP contribution in [0.3, 0.4) is 0 Å². The minimum absolute atomic E-state index is 0.346. The maximum Gasteiger partial charge on any atom is 0.323 e. The molecular formula is C5H11NO2S2. The average Bonchev–Trinajstić information content (AvgIpc) is 1.98. The fraction of sp³-hybridized carbons (Fsp3) is 0.800. The Morgan fingerprint density at radius 1 is 1.80 bits per heavy atom. The molecule has 60 valence electrons. The number of methoxy groups -OCH3 is 1. The Bertz CT molecular complexity index is 110. The lowest BCUT2D eigenvalue weighted by molar-refractivity contribution is -0.141. The van der Waals surface area contributed by atoms with E-state index in [1.165, 1.54) is 7.11 Å². The molecule has 0 saturated carbocycles. The third-order valence-electron chi connectivity index (χ3n) is 0.869. The SMILES string of the molecule is COC(=O)[C@@H](N)CSSC. The molecule has 1 atom stereocenters. The van der Waals surface area contributed by atoms with E-state index in [-0.39, 0.29) is 5.97 Å². The number of rotatable bonds is 4. The zero-order valence-corrected chi connectivity index (χ0v) is 7.63. The van der Waals surface area contributed by atoms with Crippen molar-refractivity contribution in [2.75, 3.05) is 19.1 Å². The Balaban J connectivity index is 3.41. The second-order valence-electron chi connectivity index (χ2n) is 1.58. The molecule has 0 bridgehead atoms. The summed E-state index contributed by atoms with van der Waals surface area (Å²) >= 11 is 0. The summed E-state index contributed by atoms with van der Waals surface area (Å²) in [4.78, 5) is 10.6. The van der Waals surface area contributed by atoms with Crippen molar-refractivity contribution in [1.82, 2.24) is 0 Å². The van der Waals surface area contributed by atoms with Crippen LogP contribution < -0.4 is 5.73 Å². The lowest BCUT2D eigenvalue weighted by atomic mass is 10.4. The van der Waals surface area contributed by atoms with Crippen LogP contribution in [-0.4, -0.2) is 31.1 Å². The van der Waals surface area contributed by atoms with E-state index in [9.17, 15) is 4.79 Å². The average molecular weight is 181 g/mol. The minimum atomic E-state index is -0.484. The van der Waals surface area contributed by atoms with Crippen LogP contribution in [0.15, 0.2) is 0 Å². The first-order valence-corrected chi connectivity index (χ1v) is 5.44. The molecule has 10 heavy (non-hydrogen) atoms. The van der Waals surface area contributed by atoms with Crippen molar-refractivity contribution < 1.29 is 9.53 Å². The predicted octanol–water partition coefficient (Wildman–Crippen LogP) is 0.498. The maximum absolute atomic E-state index is 10.6. The van der Waals surface area contributed by atoms with Gasteiger partial charge in [-0.1, -0.05) is 21.6 Å². The van der Waals surface area contributed by atoms with Gasteiger partial charge in [0, 0.05) is 5.75 Å². The molecular weight excluding hydrogens is 170 g/mol. The third-order valence-corrected chi connectivity index (χ3v) is 2.72. The van der Waals surface area contributed by atoms with Crippen molar-refractivity contribution >= 4 is 27.6 Å². The zero-order chi connectivity index (χ0) is 7.98. The van der Waals surface area contributed by atoms with E-state index in [0.29, 0.717) is 5.75 Å². The van der Waals surface area contributed by atoms with Crippen molar-refractivity contribution in [2.24, 2.45) is 5.73 Å². The Hall–Kier alpha value is 0.130. The van der Waals surface area contributed by atoms with Crippen molar-refractivity contribution in [1.29, 1.82) is 0 Å². The van der Waals surface area contributed by atoms with Crippen LogP contribution in [0.25, 0.3) is 0 Å². The van der Waals surface area contributed by atoms with Gasteiger partial charge in [-0.3, -0.25) is 4.79 Å². The number of hydrogen-bond acceptors (Lipinski definition) is 5. The summed E-state index contributed by atoms with van der Waals surface area (Å²) in [5.41, 5.74) is 5.41. The Kier molecular flexibility index (Phi) is 5.96. The van der Waals surface area contributed by atoms with Crippen molar-refractivity contribution in [3.8, 4) is 0 Å². The van der Waals surface area contributed by atoms with Gasteiger partial charge >= 0.3 is 5.97 Å². The number of hydrogen-bond donors (Lipinski definition) is 1. The largest absolute Gasteiger partial charge is 0.468 e. The van der Waals surface area contributed by atoms with E-state index in [0.717, 1.165) is 0 Å². The summed E-state index contributed by atoms with van der Waals surface area (Å²) in [6, 6.07) is -0.484. The molecule has 0 heterocycles. The summed E-state index contributed by atoms with van der Waals surface area (Å²) in [6.07, 6.45) is 1.94. The quantitative estimate of drug-likeness (QED) is 0.505. The normalized spacial score (nSPS) is 12.7. The van der Waals surface area contributed by atoms with Gasteiger partial charge in [0.15, 0.2) is 0 Å². The van der Waals surface area contributed by atoms with Gasteiger partial charge in [0.25, 0.3) is 0 Å². The van der Waals surface area contributed by atoms with E-state index in [2.05, 4.69) is 4.74 Å². The van der Waals surface area contributed by atoms with Crippen LogP contribution >= 0.6 is 21.6 Å². The summed E-state index contributed by atoms with van der Waals surface area (Å²) in [5.74, 6) is 0.259. The fourth-order valence-corrected chi connectivity index (χ4v) is 1.63. The summed E-state index contributed by atoms with van der Waals surface area (Å²) in [5, 5.41) is 0. The first-order chi connectivity index (χ1) is 4.72. The summed E-state index contributed by atoms with van der Waals surface area (Å²) < 4.78 is 4.42. The first kappa shape index (κ1) is 10.1. The van der Waals surface area contributed by atoms with Crippen LogP contribution in [0.5, 0.6) is 0 Å². The monoisotopic (exact) mass is 181 g/mol. The molecule has 0 aromatic rings. The number of carbonyl (C=O) groups is 1. The number of nitrogens with two attached hydrogens (primary N) is 1. The molecule has 0 amide bonds. The molecule has 0 aromatic heterocycles. The Labute approximate surface area is 68.5 Å². The molecule has 3 nitrogen and oxygen atoms in total. The van der Waals surface area contributed by atoms with Gasteiger partial charge in [-0.05, 0) is 6.26 Å². The van der Waals surface area contributed by atoms with Crippen LogP contribution in [-0.2, 0) is 9.53 Å². The van der Waals surface area contributed by atoms with Crippen molar-refractivity contribution in [3.63, 3.8) is 0 Å².